The quantitative estimate of drug-likeness (QED) is 0.873. The van der Waals surface area contributed by atoms with Gasteiger partial charge in [0.25, 0.3) is 5.91 Å². The van der Waals surface area contributed by atoms with Crippen LogP contribution in [-0.4, -0.2) is 40.4 Å². The van der Waals surface area contributed by atoms with Crippen LogP contribution in [0.1, 0.15) is 30.9 Å². The zero-order valence-corrected chi connectivity index (χ0v) is 16.1. The molecule has 1 N–H and O–H groups in total. The smallest absolute Gasteiger partial charge is 0.257 e. The lowest BCUT2D eigenvalue weighted by atomic mass is 9.84. The first-order valence-corrected chi connectivity index (χ1v) is 9.47. The molecule has 1 aromatic heterocycles. The predicted octanol–water partition coefficient (Wildman–Crippen LogP) is 3.19. The molecule has 0 radical (unpaired) electrons. The Balaban J connectivity index is 1.64. The number of para-hydroxylation sites is 1. The molecule has 0 saturated carbocycles. The number of nitrogens with one attached hydrogen (secondary N) is 1. The van der Waals surface area contributed by atoms with Crippen molar-refractivity contribution in [1.82, 2.24) is 9.88 Å². The fraction of sp³-hybridized carbons (Fsp3) is 0.318. The van der Waals surface area contributed by atoms with E-state index < -0.39 is 5.60 Å². The first kappa shape index (κ1) is 18.2. The van der Waals surface area contributed by atoms with Crippen LogP contribution in [0.2, 0.25) is 0 Å². The van der Waals surface area contributed by atoms with Gasteiger partial charge in [-0.15, -0.1) is 0 Å². The molecule has 2 aliphatic heterocycles. The number of amides is 2. The van der Waals surface area contributed by atoms with Gasteiger partial charge in [-0.1, -0.05) is 24.3 Å². The minimum absolute atomic E-state index is 0.0680. The summed E-state index contributed by atoms with van der Waals surface area (Å²) in [7, 11) is 0. The fourth-order valence-corrected chi connectivity index (χ4v) is 3.73. The van der Waals surface area contributed by atoms with E-state index in [0.29, 0.717) is 43.1 Å². The minimum Gasteiger partial charge on any atom is -0.482 e. The Morgan fingerprint density at radius 3 is 2.57 bits per heavy atom. The van der Waals surface area contributed by atoms with Crippen molar-refractivity contribution in [2.45, 2.75) is 32.3 Å². The predicted molar refractivity (Wildman–Crippen MR) is 107 cm³/mol. The SMILES string of the molecule is CC(=O)N1CCC2(C=C(C(=O)Nc3ccc(C)cn3)c3ccccc3O2)CC1. The lowest BCUT2D eigenvalue weighted by Crippen LogP contribution is -2.49. The second-order valence-electron chi connectivity index (χ2n) is 7.40. The zero-order chi connectivity index (χ0) is 19.7. The number of likely N-dealkylation sites (tertiary alicyclic amines) is 1. The zero-order valence-electron chi connectivity index (χ0n) is 16.1. The van der Waals surface area contributed by atoms with Crippen LogP contribution in [0, 0.1) is 6.92 Å². The molecule has 0 aliphatic carbocycles. The average molecular weight is 377 g/mol. The standard InChI is InChI=1S/C22H23N3O3/c1-15-7-8-20(23-14-15)24-21(27)18-13-22(9-11-25(12-10-22)16(2)26)28-19-6-4-3-5-17(18)19/h3-8,13-14H,9-12H2,1-2H3,(H,23,24,27). The Kier molecular flexibility index (Phi) is 4.63. The van der Waals surface area contributed by atoms with Crippen molar-refractivity contribution in [3.63, 3.8) is 0 Å². The summed E-state index contributed by atoms with van der Waals surface area (Å²) in [5.41, 5.74) is 1.81. The minimum atomic E-state index is -0.576. The lowest BCUT2D eigenvalue weighted by Gasteiger charge is -2.42. The first-order chi connectivity index (χ1) is 13.5. The number of hydrogen-bond acceptors (Lipinski definition) is 4. The number of hydrogen-bond donors (Lipinski definition) is 1. The van der Waals surface area contributed by atoms with E-state index in [1.807, 2.05) is 48.2 Å². The lowest BCUT2D eigenvalue weighted by molar-refractivity contribution is -0.131. The van der Waals surface area contributed by atoms with E-state index in [-0.39, 0.29) is 11.8 Å². The van der Waals surface area contributed by atoms with Crippen molar-refractivity contribution in [2.24, 2.45) is 0 Å². The van der Waals surface area contributed by atoms with Gasteiger partial charge in [0.05, 0.1) is 5.57 Å². The summed E-state index contributed by atoms with van der Waals surface area (Å²) in [6.07, 6.45) is 4.96. The summed E-state index contributed by atoms with van der Waals surface area (Å²) in [6, 6.07) is 11.3. The van der Waals surface area contributed by atoms with E-state index in [9.17, 15) is 9.59 Å². The number of carbonyl (C=O) groups is 2. The van der Waals surface area contributed by atoms with Crippen molar-refractivity contribution in [1.29, 1.82) is 0 Å². The molecule has 6 nitrogen and oxygen atoms in total. The summed E-state index contributed by atoms with van der Waals surface area (Å²) in [4.78, 5) is 30.8. The maximum Gasteiger partial charge on any atom is 0.257 e. The second-order valence-corrected chi connectivity index (χ2v) is 7.40. The number of anilines is 1. The topological polar surface area (TPSA) is 71.5 Å². The molecule has 1 fully saturated rings. The number of carbonyl (C=O) groups excluding carboxylic acids is 2. The maximum absolute atomic E-state index is 13.1. The van der Waals surface area contributed by atoms with Gasteiger partial charge >= 0.3 is 0 Å². The van der Waals surface area contributed by atoms with E-state index in [4.69, 9.17) is 4.74 Å². The second kappa shape index (κ2) is 7.11. The summed E-state index contributed by atoms with van der Waals surface area (Å²) >= 11 is 0. The Labute approximate surface area is 164 Å². The van der Waals surface area contributed by atoms with Crippen molar-refractivity contribution < 1.29 is 14.3 Å². The molecule has 0 unspecified atom stereocenters. The molecule has 4 rings (SSSR count). The van der Waals surface area contributed by atoms with Crippen molar-refractivity contribution >= 4 is 23.2 Å². The number of aromatic nitrogens is 1. The third-order valence-electron chi connectivity index (χ3n) is 5.35. The van der Waals surface area contributed by atoms with E-state index in [2.05, 4.69) is 10.3 Å². The molecule has 1 aromatic carbocycles. The van der Waals surface area contributed by atoms with Crippen molar-refractivity contribution in [3.05, 3.63) is 59.8 Å². The van der Waals surface area contributed by atoms with Crippen LogP contribution in [0.5, 0.6) is 5.75 Å². The van der Waals surface area contributed by atoms with Gasteiger partial charge in [-0.2, -0.15) is 0 Å². The molecule has 144 valence electrons. The van der Waals surface area contributed by atoms with Crippen LogP contribution in [0.15, 0.2) is 48.7 Å². The monoisotopic (exact) mass is 377 g/mol. The van der Waals surface area contributed by atoms with Gasteiger partial charge in [0.1, 0.15) is 17.2 Å². The van der Waals surface area contributed by atoms with Gasteiger partial charge in [-0.05, 0) is 30.7 Å². The Hall–Kier alpha value is -3.15. The molecule has 0 bridgehead atoms. The van der Waals surface area contributed by atoms with Gasteiger partial charge in [0.2, 0.25) is 5.91 Å². The molecular formula is C22H23N3O3. The van der Waals surface area contributed by atoms with Crippen LogP contribution >= 0.6 is 0 Å². The fourth-order valence-electron chi connectivity index (χ4n) is 3.73. The molecule has 1 saturated heterocycles. The van der Waals surface area contributed by atoms with Crippen LogP contribution < -0.4 is 10.1 Å². The molecule has 2 aliphatic rings. The van der Waals surface area contributed by atoms with Gasteiger partial charge < -0.3 is 15.0 Å². The number of benzene rings is 1. The molecule has 2 amide bonds. The van der Waals surface area contributed by atoms with Gasteiger partial charge in [-0.3, -0.25) is 9.59 Å². The summed E-state index contributed by atoms with van der Waals surface area (Å²) in [5.74, 6) is 1.07. The molecule has 1 spiro atoms. The Morgan fingerprint density at radius 2 is 1.89 bits per heavy atom. The number of aryl methyl sites for hydroxylation is 1. The van der Waals surface area contributed by atoms with Crippen LogP contribution in [0.4, 0.5) is 5.82 Å². The molecule has 2 aromatic rings. The van der Waals surface area contributed by atoms with E-state index in [1.165, 1.54) is 0 Å². The summed E-state index contributed by atoms with van der Waals surface area (Å²) in [5, 5.41) is 2.89. The number of pyridine rings is 1. The van der Waals surface area contributed by atoms with E-state index >= 15 is 0 Å². The van der Waals surface area contributed by atoms with Crippen molar-refractivity contribution in [2.75, 3.05) is 18.4 Å². The van der Waals surface area contributed by atoms with Gasteiger partial charge in [-0.25, -0.2) is 4.98 Å². The highest BCUT2D eigenvalue weighted by atomic mass is 16.5. The van der Waals surface area contributed by atoms with Crippen LogP contribution in [0.3, 0.4) is 0 Å². The van der Waals surface area contributed by atoms with E-state index in [1.54, 1.807) is 19.2 Å². The number of fused-ring (bicyclic) bond motifs is 1. The summed E-state index contributed by atoms with van der Waals surface area (Å²) < 4.78 is 6.32. The van der Waals surface area contributed by atoms with Crippen molar-refractivity contribution in [3.8, 4) is 5.75 Å². The Morgan fingerprint density at radius 1 is 1.14 bits per heavy atom. The maximum atomic E-state index is 13.1. The summed E-state index contributed by atoms with van der Waals surface area (Å²) in [6.45, 7) is 4.76. The highest BCUT2D eigenvalue weighted by molar-refractivity contribution is 6.26. The normalized spacial score (nSPS) is 17.4. The average Bonchev–Trinajstić information content (AvgIpc) is 2.69. The van der Waals surface area contributed by atoms with Gasteiger partial charge in [0.15, 0.2) is 0 Å². The first-order valence-electron chi connectivity index (χ1n) is 9.47. The highest BCUT2D eigenvalue weighted by Crippen LogP contribution is 2.41. The number of rotatable bonds is 2. The van der Waals surface area contributed by atoms with E-state index in [0.717, 1.165) is 11.1 Å². The molecule has 3 heterocycles. The third-order valence-corrected chi connectivity index (χ3v) is 5.35. The van der Waals surface area contributed by atoms with Crippen LogP contribution in [0.25, 0.3) is 5.57 Å². The number of piperidine rings is 1. The highest BCUT2D eigenvalue weighted by Gasteiger charge is 2.40. The molecular weight excluding hydrogens is 354 g/mol. The number of nitrogens with zero attached hydrogens (tertiary/aromatic N) is 2. The molecule has 0 atom stereocenters. The Bertz CT molecular complexity index is 942. The third kappa shape index (κ3) is 3.50. The van der Waals surface area contributed by atoms with Gasteiger partial charge in [0, 0.05) is 44.6 Å². The molecule has 6 heteroatoms. The van der Waals surface area contributed by atoms with Crippen LogP contribution in [-0.2, 0) is 9.59 Å². The largest absolute Gasteiger partial charge is 0.482 e. The number of ether oxygens (including phenoxy) is 1. The molecule has 28 heavy (non-hydrogen) atoms.